The van der Waals surface area contributed by atoms with Gasteiger partial charge in [0.05, 0.1) is 17.9 Å². The maximum Gasteiger partial charge on any atom is 0.407 e. The molecule has 1 aliphatic rings. The Labute approximate surface area is 148 Å². The van der Waals surface area contributed by atoms with Crippen molar-refractivity contribution >= 4 is 27.7 Å². The normalized spacial score (nSPS) is 17.6. The molecule has 2 heterocycles. The van der Waals surface area contributed by atoms with Gasteiger partial charge in [0.15, 0.2) is 0 Å². The van der Waals surface area contributed by atoms with Gasteiger partial charge in [0.25, 0.3) is 0 Å². The van der Waals surface area contributed by atoms with Crippen molar-refractivity contribution in [2.45, 2.75) is 6.04 Å². The molecule has 3 rings (SSSR count). The minimum atomic E-state index is -0.915. The van der Waals surface area contributed by atoms with Crippen LogP contribution in [0.3, 0.4) is 0 Å². The van der Waals surface area contributed by atoms with Crippen LogP contribution in [0, 0.1) is 0 Å². The quantitative estimate of drug-likeness (QED) is 0.867. The van der Waals surface area contributed by atoms with Crippen molar-refractivity contribution in [3.8, 4) is 5.75 Å². The summed E-state index contributed by atoms with van der Waals surface area (Å²) in [5.41, 5.74) is 1.06. The Morgan fingerprint density at radius 3 is 2.83 bits per heavy atom. The van der Waals surface area contributed by atoms with E-state index in [4.69, 9.17) is 4.74 Å². The van der Waals surface area contributed by atoms with Gasteiger partial charge >= 0.3 is 6.09 Å². The Kier molecular flexibility index (Phi) is 5.20. The zero-order valence-corrected chi connectivity index (χ0v) is 14.6. The molecule has 1 saturated heterocycles. The summed E-state index contributed by atoms with van der Waals surface area (Å²) < 4.78 is 6.74. The standard InChI is InChI=1S/C17H18BrN3O3/c18-15-5-1-2-6-16(15)20-8-9-21(17(22)23)13(11-20)12-24-14-4-3-7-19-10-14/h1-7,10,13H,8-9,11-12H2,(H,22,23). The highest BCUT2D eigenvalue weighted by Gasteiger charge is 2.31. The van der Waals surface area contributed by atoms with Crippen molar-refractivity contribution in [2.75, 3.05) is 31.1 Å². The number of hydrogen-bond donors (Lipinski definition) is 1. The second-order valence-electron chi connectivity index (χ2n) is 5.53. The number of para-hydroxylation sites is 1. The van der Waals surface area contributed by atoms with Gasteiger partial charge in [-0.05, 0) is 40.2 Å². The van der Waals surface area contributed by atoms with Crippen LogP contribution in [0.1, 0.15) is 0 Å². The summed E-state index contributed by atoms with van der Waals surface area (Å²) in [6, 6.07) is 11.3. The Balaban J connectivity index is 1.72. The molecule has 0 spiro atoms. The van der Waals surface area contributed by atoms with Crippen LogP contribution in [-0.2, 0) is 0 Å². The summed E-state index contributed by atoms with van der Waals surface area (Å²) in [6.07, 6.45) is 2.38. The largest absolute Gasteiger partial charge is 0.490 e. The van der Waals surface area contributed by atoms with Crippen molar-refractivity contribution in [1.29, 1.82) is 0 Å². The number of amides is 1. The third-order valence-corrected chi connectivity index (χ3v) is 4.67. The first-order valence-corrected chi connectivity index (χ1v) is 8.46. The van der Waals surface area contributed by atoms with Crippen molar-refractivity contribution < 1.29 is 14.6 Å². The van der Waals surface area contributed by atoms with E-state index in [1.54, 1.807) is 18.5 Å². The molecule has 7 heteroatoms. The van der Waals surface area contributed by atoms with Crippen molar-refractivity contribution in [2.24, 2.45) is 0 Å². The molecular formula is C17H18BrN3O3. The lowest BCUT2D eigenvalue weighted by atomic mass is 10.1. The zero-order valence-electron chi connectivity index (χ0n) is 13.0. The molecule has 1 N–H and O–H groups in total. The number of piperazine rings is 1. The summed E-state index contributed by atoms with van der Waals surface area (Å²) in [7, 11) is 0. The lowest BCUT2D eigenvalue weighted by molar-refractivity contribution is 0.0965. The number of nitrogens with zero attached hydrogens (tertiary/aromatic N) is 3. The predicted octanol–water partition coefficient (Wildman–Crippen LogP) is 3.09. The average molecular weight is 392 g/mol. The molecule has 0 radical (unpaired) electrons. The smallest absolute Gasteiger partial charge is 0.407 e. The van der Waals surface area contributed by atoms with Crippen molar-refractivity contribution in [3.63, 3.8) is 0 Å². The molecule has 1 aromatic carbocycles. The molecule has 1 aliphatic heterocycles. The van der Waals surface area contributed by atoms with E-state index in [0.29, 0.717) is 32.0 Å². The van der Waals surface area contributed by atoms with Crippen LogP contribution in [0.5, 0.6) is 5.75 Å². The van der Waals surface area contributed by atoms with E-state index < -0.39 is 6.09 Å². The van der Waals surface area contributed by atoms with Gasteiger partial charge in [0, 0.05) is 30.3 Å². The summed E-state index contributed by atoms with van der Waals surface area (Å²) in [5, 5.41) is 9.45. The highest BCUT2D eigenvalue weighted by Crippen LogP contribution is 2.28. The Hall–Kier alpha value is -2.28. The van der Waals surface area contributed by atoms with Gasteiger partial charge in [-0.2, -0.15) is 0 Å². The maximum atomic E-state index is 11.5. The molecule has 6 nitrogen and oxygen atoms in total. The van der Waals surface area contributed by atoms with Crippen LogP contribution in [0.15, 0.2) is 53.3 Å². The Morgan fingerprint density at radius 2 is 2.12 bits per heavy atom. The van der Waals surface area contributed by atoms with E-state index in [-0.39, 0.29) is 6.04 Å². The Bertz CT molecular complexity index is 698. The molecule has 0 saturated carbocycles. The monoisotopic (exact) mass is 391 g/mol. The highest BCUT2D eigenvalue weighted by molar-refractivity contribution is 9.10. The first-order chi connectivity index (χ1) is 11.6. The van der Waals surface area contributed by atoms with Gasteiger partial charge in [-0.1, -0.05) is 12.1 Å². The summed E-state index contributed by atoms with van der Waals surface area (Å²) in [5.74, 6) is 0.640. The molecule has 126 valence electrons. The number of aromatic nitrogens is 1. The third-order valence-electron chi connectivity index (χ3n) is 4.00. The number of pyridine rings is 1. The number of rotatable bonds is 4. The van der Waals surface area contributed by atoms with Gasteiger partial charge in [-0.25, -0.2) is 4.79 Å². The number of benzene rings is 1. The molecule has 24 heavy (non-hydrogen) atoms. The van der Waals surface area contributed by atoms with Gasteiger partial charge in [0.1, 0.15) is 12.4 Å². The second-order valence-corrected chi connectivity index (χ2v) is 6.38. The van der Waals surface area contributed by atoms with Gasteiger partial charge < -0.3 is 14.7 Å². The summed E-state index contributed by atoms with van der Waals surface area (Å²) in [4.78, 5) is 19.2. The Morgan fingerprint density at radius 1 is 1.29 bits per heavy atom. The number of carbonyl (C=O) groups is 1. The number of halogens is 1. The fourth-order valence-corrected chi connectivity index (χ4v) is 3.34. The zero-order chi connectivity index (χ0) is 16.9. The third kappa shape index (κ3) is 3.79. The lowest BCUT2D eigenvalue weighted by Crippen LogP contribution is -2.57. The topological polar surface area (TPSA) is 65.9 Å². The molecule has 0 aliphatic carbocycles. The van der Waals surface area contributed by atoms with E-state index in [2.05, 4.69) is 25.8 Å². The van der Waals surface area contributed by atoms with E-state index in [1.807, 2.05) is 30.3 Å². The summed E-state index contributed by atoms with van der Waals surface area (Å²) >= 11 is 3.56. The van der Waals surface area contributed by atoms with E-state index in [1.165, 1.54) is 4.90 Å². The maximum absolute atomic E-state index is 11.5. The van der Waals surface area contributed by atoms with E-state index in [0.717, 1.165) is 10.2 Å². The number of ether oxygens (including phenoxy) is 1. The highest BCUT2D eigenvalue weighted by atomic mass is 79.9. The van der Waals surface area contributed by atoms with Crippen LogP contribution in [0.25, 0.3) is 0 Å². The van der Waals surface area contributed by atoms with E-state index in [9.17, 15) is 9.90 Å². The van der Waals surface area contributed by atoms with Crippen LogP contribution >= 0.6 is 15.9 Å². The molecule has 1 aromatic heterocycles. The number of carboxylic acid groups (broad SMARTS) is 1. The van der Waals surface area contributed by atoms with Crippen molar-refractivity contribution in [3.05, 3.63) is 53.3 Å². The SMILES string of the molecule is O=C(O)N1CCN(c2ccccc2Br)CC1COc1cccnc1. The van der Waals surface area contributed by atoms with E-state index >= 15 is 0 Å². The first-order valence-electron chi connectivity index (χ1n) is 7.67. The van der Waals surface area contributed by atoms with Crippen LogP contribution in [0.2, 0.25) is 0 Å². The molecular weight excluding hydrogens is 374 g/mol. The van der Waals surface area contributed by atoms with Gasteiger partial charge in [-0.3, -0.25) is 9.88 Å². The summed E-state index contributed by atoms with van der Waals surface area (Å²) in [6.45, 7) is 1.96. The molecule has 1 fully saturated rings. The van der Waals surface area contributed by atoms with Gasteiger partial charge in [0.2, 0.25) is 0 Å². The molecule has 1 unspecified atom stereocenters. The van der Waals surface area contributed by atoms with Crippen LogP contribution in [0.4, 0.5) is 10.5 Å². The molecule has 1 amide bonds. The van der Waals surface area contributed by atoms with Gasteiger partial charge in [-0.15, -0.1) is 0 Å². The fraction of sp³-hybridized carbons (Fsp3) is 0.294. The predicted molar refractivity (Wildman–Crippen MR) is 94.6 cm³/mol. The fourth-order valence-electron chi connectivity index (χ4n) is 2.80. The van der Waals surface area contributed by atoms with Crippen LogP contribution < -0.4 is 9.64 Å². The number of hydrogen-bond acceptors (Lipinski definition) is 4. The second kappa shape index (κ2) is 7.53. The van der Waals surface area contributed by atoms with Crippen LogP contribution in [-0.4, -0.2) is 53.4 Å². The first kappa shape index (κ1) is 16.6. The van der Waals surface area contributed by atoms with Crippen molar-refractivity contribution in [1.82, 2.24) is 9.88 Å². The molecule has 2 aromatic rings. The molecule has 0 bridgehead atoms. The lowest BCUT2D eigenvalue weighted by Gasteiger charge is -2.41. The minimum Gasteiger partial charge on any atom is -0.490 e. The average Bonchev–Trinajstić information content (AvgIpc) is 2.61. The molecule has 1 atom stereocenters. The minimum absolute atomic E-state index is 0.247. The number of anilines is 1.